The van der Waals surface area contributed by atoms with E-state index in [1.165, 1.54) is 15.9 Å². The molecule has 3 heterocycles. The van der Waals surface area contributed by atoms with E-state index >= 15 is 0 Å². The van der Waals surface area contributed by atoms with E-state index < -0.39 is 0 Å². The van der Waals surface area contributed by atoms with Crippen LogP contribution in [0.25, 0.3) is 21.9 Å². The Balaban J connectivity index is 1.48. The van der Waals surface area contributed by atoms with Crippen molar-refractivity contribution in [2.24, 2.45) is 0 Å². The summed E-state index contributed by atoms with van der Waals surface area (Å²) >= 11 is 4.62. The maximum Gasteiger partial charge on any atom is 0.291 e. The molecule has 0 radical (unpaired) electrons. The van der Waals surface area contributed by atoms with Crippen LogP contribution in [0.5, 0.6) is 0 Å². The first-order valence-corrected chi connectivity index (χ1v) is 12.3. The fraction of sp³-hybridized carbons (Fsp3) is 0.0769. The molecule has 2 aromatic heterocycles. The topological polar surface area (TPSA) is 67.6 Å². The number of aromatic nitrogens is 3. The van der Waals surface area contributed by atoms with Crippen LogP contribution in [0.2, 0.25) is 0 Å². The molecule has 0 aliphatic carbocycles. The fourth-order valence-electron chi connectivity index (χ4n) is 4.14. The number of amides is 1. The first-order valence-electron chi connectivity index (χ1n) is 10.7. The second-order valence-corrected chi connectivity index (χ2v) is 10.0. The van der Waals surface area contributed by atoms with E-state index in [4.69, 9.17) is 0 Å². The Bertz CT molecular complexity index is 1690. The number of hydrogen-bond donors (Lipinski definition) is 0. The lowest BCUT2D eigenvalue weighted by molar-refractivity contribution is -0.113. The third-order valence-corrected chi connectivity index (χ3v) is 7.43. The highest BCUT2D eigenvalue weighted by Gasteiger charge is 2.34. The minimum absolute atomic E-state index is 0.184. The summed E-state index contributed by atoms with van der Waals surface area (Å²) in [7, 11) is 0. The quantitative estimate of drug-likeness (QED) is 0.349. The lowest BCUT2D eigenvalue weighted by atomic mass is 10.1. The van der Waals surface area contributed by atoms with E-state index in [0.29, 0.717) is 27.4 Å². The van der Waals surface area contributed by atoms with Gasteiger partial charge < -0.3 is 4.90 Å². The molecule has 0 fully saturated rings. The van der Waals surface area contributed by atoms with Gasteiger partial charge in [0.05, 0.1) is 17.8 Å². The Morgan fingerprint density at radius 2 is 1.68 bits per heavy atom. The van der Waals surface area contributed by atoms with E-state index in [0.717, 1.165) is 32.4 Å². The van der Waals surface area contributed by atoms with Crippen LogP contribution in [0.15, 0.2) is 82.1 Å². The van der Waals surface area contributed by atoms with Gasteiger partial charge in [-0.15, -0.1) is 5.10 Å². The summed E-state index contributed by atoms with van der Waals surface area (Å²) in [5, 5.41) is 4.43. The molecular weight excluding hydrogens is 512 g/mol. The Morgan fingerprint density at radius 1 is 0.941 bits per heavy atom. The number of para-hydroxylation sites is 1. The molecule has 0 unspecified atom stereocenters. The summed E-state index contributed by atoms with van der Waals surface area (Å²) in [6.07, 6.45) is 0. The van der Waals surface area contributed by atoms with E-state index in [-0.39, 0.29) is 11.5 Å². The molecule has 1 aliphatic heterocycles. The van der Waals surface area contributed by atoms with Gasteiger partial charge in [0, 0.05) is 15.6 Å². The first kappa shape index (κ1) is 20.9. The molecule has 8 heteroatoms. The highest BCUT2D eigenvalue weighted by Crippen LogP contribution is 2.36. The number of carbonyl (C=O) groups excluding carboxylic acids is 1. The van der Waals surface area contributed by atoms with Crippen molar-refractivity contribution in [1.29, 1.82) is 0 Å². The van der Waals surface area contributed by atoms with Crippen LogP contribution >= 0.6 is 27.3 Å². The van der Waals surface area contributed by atoms with Gasteiger partial charge in [-0.05, 0) is 30.7 Å². The monoisotopic (exact) mass is 528 g/mol. The zero-order valence-corrected chi connectivity index (χ0v) is 20.4. The largest absolute Gasteiger partial charge is 0.303 e. The van der Waals surface area contributed by atoms with Crippen LogP contribution in [0.4, 0.5) is 5.69 Å². The summed E-state index contributed by atoms with van der Waals surface area (Å²) < 4.78 is 2.61. The SMILES string of the molecule is Cc1ccc(CN2C(=O)C(=c3sc4nc(-c5ccc(Br)cc5)nn4c3=O)c3ccccc32)cc1. The van der Waals surface area contributed by atoms with Crippen molar-refractivity contribution in [3.63, 3.8) is 0 Å². The molecule has 0 saturated carbocycles. The van der Waals surface area contributed by atoms with Crippen molar-refractivity contribution in [2.45, 2.75) is 13.5 Å². The van der Waals surface area contributed by atoms with Crippen molar-refractivity contribution in [3.05, 3.63) is 109 Å². The third kappa shape index (κ3) is 3.38. The molecule has 1 aliphatic rings. The van der Waals surface area contributed by atoms with Crippen LogP contribution in [0.1, 0.15) is 16.7 Å². The summed E-state index contributed by atoms with van der Waals surface area (Å²) in [4.78, 5) is 33.7. The van der Waals surface area contributed by atoms with Gasteiger partial charge in [-0.25, -0.2) is 0 Å². The number of fused-ring (bicyclic) bond motifs is 2. The summed E-state index contributed by atoms with van der Waals surface area (Å²) in [5.41, 5.74) is 4.66. The lowest BCUT2D eigenvalue weighted by Gasteiger charge is -2.17. The number of benzene rings is 3. The van der Waals surface area contributed by atoms with Crippen LogP contribution in [0, 0.1) is 6.92 Å². The predicted molar refractivity (Wildman–Crippen MR) is 137 cm³/mol. The van der Waals surface area contributed by atoms with Crippen LogP contribution < -0.4 is 15.0 Å². The fourth-order valence-corrected chi connectivity index (χ4v) is 5.40. The zero-order valence-electron chi connectivity index (χ0n) is 18.0. The summed E-state index contributed by atoms with van der Waals surface area (Å²) in [6.45, 7) is 2.47. The average molecular weight is 529 g/mol. The average Bonchev–Trinajstić information content (AvgIpc) is 3.47. The van der Waals surface area contributed by atoms with Gasteiger partial charge in [0.15, 0.2) is 5.82 Å². The van der Waals surface area contributed by atoms with Crippen LogP contribution in [-0.2, 0) is 11.3 Å². The Labute approximate surface area is 206 Å². The highest BCUT2D eigenvalue weighted by atomic mass is 79.9. The van der Waals surface area contributed by atoms with Crippen molar-refractivity contribution in [1.82, 2.24) is 14.6 Å². The molecule has 0 saturated heterocycles. The molecule has 34 heavy (non-hydrogen) atoms. The lowest BCUT2D eigenvalue weighted by Crippen LogP contribution is -2.32. The smallest absolute Gasteiger partial charge is 0.291 e. The number of hydrogen-bond acceptors (Lipinski definition) is 5. The van der Waals surface area contributed by atoms with Gasteiger partial charge in [-0.2, -0.15) is 9.50 Å². The highest BCUT2D eigenvalue weighted by molar-refractivity contribution is 9.10. The summed E-state index contributed by atoms with van der Waals surface area (Å²) in [5.74, 6) is 0.294. The number of halogens is 1. The van der Waals surface area contributed by atoms with Gasteiger partial charge in [0.1, 0.15) is 4.53 Å². The summed E-state index contributed by atoms with van der Waals surface area (Å²) in [6, 6.07) is 23.3. The molecular formula is C26H17BrN4O2S. The van der Waals surface area contributed by atoms with Gasteiger partial charge in [0.2, 0.25) is 4.96 Å². The molecule has 0 atom stereocenters. The second kappa shape index (κ2) is 8.00. The number of carbonyl (C=O) groups is 1. The van der Waals surface area contributed by atoms with Crippen molar-refractivity contribution < 1.29 is 4.79 Å². The number of rotatable bonds is 3. The molecule has 0 bridgehead atoms. The maximum atomic E-state index is 13.6. The predicted octanol–water partition coefficient (Wildman–Crippen LogP) is 4.35. The van der Waals surface area contributed by atoms with Gasteiger partial charge in [-0.1, -0.05) is 87.4 Å². The molecule has 166 valence electrons. The van der Waals surface area contributed by atoms with E-state index in [1.807, 2.05) is 79.7 Å². The van der Waals surface area contributed by atoms with Crippen LogP contribution in [-0.4, -0.2) is 20.5 Å². The normalized spacial score (nSPS) is 14.8. The minimum Gasteiger partial charge on any atom is -0.303 e. The zero-order chi connectivity index (χ0) is 23.4. The Hall–Kier alpha value is -3.62. The molecule has 3 aromatic carbocycles. The van der Waals surface area contributed by atoms with E-state index in [9.17, 15) is 9.59 Å². The minimum atomic E-state index is -0.328. The second-order valence-electron chi connectivity index (χ2n) is 8.14. The van der Waals surface area contributed by atoms with Crippen molar-refractivity contribution in [2.75, 3.05) is 4.90 Å². The number of thiazole rings is 1. The standard InChI is InChI=1S/C26H17BrN4O2S/c1-15-6-8-16(9-7-15)14-30-20-5-3-2-4-19(20)21(24(30)32)22-25(33)31-26(34-22)28-23(29-31)17-10-12-18(27)13-11-17/h2-13H,14H2,1H3. The number of aryl methyl sites for hydroxylation is 1. The molecule has 6 rings (SSSR count). The van der Waals surface area contributed by atoms with Crippen LogP contribution in [0.3, 0.4) is 0 Å². The molecule has 0 spiro atoms. The van der Waals surface area contributed by atoms with Gasteiger partial charge in [0.25, 0.3) is 11.5 Å². The number of anilines is 1. The van der Waals surface area contributed by atoms with Crippen molar-refractivity contribution in [3.8, 4) is 11.4 Å². The van der Waals surface area contributed by atoms with E-state index in [2.05, 4.69) is 26.0 Å². The van der Waals surface area contributed by atoms with E-state index in [1.54, 1.807) is 4.90 Å². The Kier molecular flexibility index (Phi) is 4.93. The van der Waals surface area contributed by atoms with Gasteiger partial charge >= 0.3 is 0 Å². The molecule has 1 amide bonds. The molecule has 0 N–H and O–H groups in total. The number of nitrogens with zero attached hydrogens (tertiary/aromatic N) is 4. The maximum absolute atomic E-state index is 13.6. The molecule has 5 aromatic rings. The Morgan fingerprint density at radius 3 is 2.41 bits per heavy atom. The first-order chi connectivity index (χ1) is 16.5. The third-order valence-electron chi connectivity index (χ3n) is 5.87. The van der Waals surface area contributed by atoms with Crippen molar-refractivity contribution >= 4 is 49.4 Å². The molecule has 6 nitrogen and oxygen atoms in total. The van der Waals surface area contributed by atoms with Gasteiger partial charge in [-0.3, -0.25) is 9.59 Å².